The van der Waals surface area contributed by atoms with Crippen LogP contribution in [0.3, 0.4) is 0 Å². The summed E-state index contributed by atoms with van der Waals surface area (Å²) < 4.78 is 57.2. The van der Waals surface area contributed by atoms with Crippen molar-refractivity contribution in [1.29, 1.82) is 0 Å². The summed E-state index contributed by atoms with van der Waals surface area (Å²) >= 11 is 1.27. The normalized spacial score (nSPS) is 11.8. The number of aromatic nitrogens is 3. The number of likely N-dealkylation sites (N-methyl/N-ethyl adjacent to an activating group) is 2. The minimum absolute atomic E-state index is 0.116. The van der Waals surface area contributed by atoms with E-state index in [9.17, 15) is 23.3 Å². The molecule has 0 saturated heterocycles. The van der Waals surface area contributed by atoms with E-state index >= 15 is 0 Å². The van der Waals surface area contributed by atoms with E-state index in [0.717, 1.165) is 0 Å². The second kappa shape index (κ2) is 13.2. The van der Waals surface area contributed by atoms with Gasteiger partial charge in [0.1, 0.15) is 22.7 Å². The van der Waals surface area contributed by atoms with Crippen LogP contribution in [0.15, 0.2) is 42.7 Å². The van der Waals surface area contributed by atoms with Gasteiger partial charge in [0.05, 0.1) is 36.0 Å². The lowest BCUT2D eigenvalue weighted by Gasteiger charge is -2.23. The van der Waals surface area contributed by atoms with E-state index in [1.54, 1.807) is 44.6 Å². The molecule has 0 radical (unpaired) electrons. The van der Waals surface area contributed by atoms with Crippen LogP contribution in [-0.4, -0.2) is 90.6 Å². The molecule has 0 amide bonds. The number of hydrogen-bond donors (Lipinski definition) is 1. The Bertz CT molecular complexity index is 1660. The van der Waals surface area contributed by atoms with Gasteiger partial charge < -0.3 is 24.6 Å². The maximum atomic E-state index is 14.3. The SMILES string of the molecule is COc1ccc2c(-c3nc(Nc4cc([N+](=O)[O-])c(N(C)CCN(C)C)cc4OC)ncc3C(F)(F)F)cn(SN(C)C)c2c1. The van der Waals surface area contributed by atoms with Crippen molar-refractivity contribution in [3.05, 3.63) is 58.4 Å². The number of nitro groups is 1. The highest BCUT2D eigenvalue weighted by Gasteiger charge is 2.36. The van der Waals surface area contributed by atoms with Gasteiger partial charge in [0.15, 0.2) is 0 Å². The van der Waals surface area contributed by atoms with Crippen LogP contribution in [0.2, 0.25) is 0 Å². The second-order valence-corrected chi connectivity index (χ2v) is 11.5. The molecule has 0 atom stereocenters. The van der Waals surface area contributed by atoms with Crippen LogP contribution in [0.1, 0.15) is 5.56 Å². The smallest absolute Gasteiger partial charge is 0.419 e. The van der Waals surface area contributed by atoms with E-state index in [-0.39, 0.29) is 34.3 Å². The van der Waals surface area contributed by atoms with Crippen LogP contribution in [0.25, 0.3) is 22.2 Å². The molecule has 0 saturated carbocycles. The maximum Gasteiger partial charge on any atom is 0.419 e. The molecular formula is C28H33F3N8O4S. The molecule has 0 aliphatic carbocycles. The number of methoxy groups -OCH3 is 2. The molecule has 2 heterocycles. The van der Waals surface area contributed by atoms with Gasteiger partial charge in [-0.15, -0.1) is 0 Å². The number of benzene rings is 2. The largest absolute Gasteiger partial charge is 0.497 e. The molecule has 0 aliphatic rings. The third-order valence-corrected chi connectivity index (χ3v) is 7.42. The number of nitrogens with one attached hydrogen (secondary N) is 1. The number of halogens is 3. The summed E-state index contributed by atoms with van der Waals surface area (Å²) in [6, 6.07) is 7.81. The van der Waals surface area contributed by atoms with E-state index in [0.29, 0.717) is 41.6 Å². The predicted molar refractivity (Wildman–Crippen MR) is 166 cm³/mol. The molecule has 0 aliphatic heterocycles. The van der Waals surface area contributed by atoms with Crippen LogP contribution in [0.5, 0.6) is 11.5 Å². The van der Waals surface area contributed by atoms with Crippen LogP contribution >= 0.6 is 12.1 Å². The predicted octanol–water partition coefficient (Wildman–Crippen LogP) is 5.76. The first-order valence-corrected chi connectivity index (χ1v) is 13.9. The summed E-state index contributed by atoms with van der Waals surface area (Å²) in [6.07, 6.45) is -2.50. The summed E-state index contributed by atoms with van der Waals surface area (Å²) in [6.45, 7) is 1.15. The first kappa shape index (κ1) is 32.6. The topological polar surface area (TPSA) is 114 Å². The molecule has 2 aromatic heterocycles. The van der Waals surface area contributed by atoms with E-state index in [2.05, 4.69) is 15.3 Å². The molecule has 44 heavy (non-hydrogen) atoms. The summed E-state index contributed by atoms with van der Waals surface area (Å²) in [4.78, 5) is 23.4. The number of rotatable bonds is 12. The van der Waals surface area contributed by atoms with Gasteiger partial charge in [-0.05, 0) is 40.3 Å². The van der Waals surface area contributed by atoms with Crippen molar-refractivity contribution in [2.24, 2.45) is 0 Å². The fourth-order valence-electron chi connectivity index (χ4n) is 4.46. The molecule has 4 aromatic rings. The Morgan fingerprint density at radius 2 is 1.80 bits per heavy atom. The number of alkyl halides is 3. The van der Waals surface area contributed by atoms with Crippen molar-refractivity contribution < 1.29 is 27.6 Å². The van der Waals surface area contributed by atoms with Crippen molar-refractivity contribution in [3.8, 4) is 22.8 Å². The molecule has 236 valence electrons. The van der Waals surface area contributed by atoms with Crippen molar-refractivity contribution in [3.63, 3.8) is 0 Å². The maximum absolute atomic E-state index is 14.3. The summed E-state index contributed by atoms with van der Waals surface area (Å²) in [5, 5.41) is 15.4. The molecular weight excluding hydrogens is 601 g/mol. The van der Waals surface area contributed by atoms with Crippen molar-refractivity contribution in [2.45, 2.75) is 6.18 Å². The Balaban J connectivity index is 1.85. The number of anilines is 3. The lowest BCUT2D eigenvalue weighted by Crippen LogP contribution is -2.29. The fraction of sp³-hybridized carbons (Fsp3) is 0.357. The van der Waals surface area contributed by atoms with Gasteiger partial charge in [-0.25, -0.2) is 14.3 Å². The highest BCUT2D eigenvalue weighted by Crippen LogP contribution is 2.43. The van der Waals surface area contributed by atoms with Gasteiger partial charge in [0.25, 0.3) is 5.69 Å². The minimum Gasteiger partial charge on any atom is -0.497 e. The van der Waals surface area contributed by atoms with E-state index in [4.69, 9.17) is 9.47 Å². The number of hydrogen-bond acceptors (Lipinski definition) is 11. The van der Waals surface area contributed by atoms with Gasteiger partial charge in [0.2, 0.25) is 5.95 Å². The van der Waals surface area contributed by atoms with Crippen LogP contribution in [-0.2, 0) is 6.18 Å². The molecule has 16 heteroatoms. The Hall–Kier alpha value is -4.28. The van der Waals surface area contributed by atoms with Gasteiger partial charge in [0, 0.05) is 73.8 Å². The van der Waals surface area contributed by atoms with Crippen LogP contribution in [0, 0.1) is 10.1 Å². The molecule has 12 nitrogen and oxygen atoms in total. The highest BCUT2D eigenvalue weighted by atomic mass is 32.2. The molecule has 0 spiro atoms. The molecule has 0 fully saturated rings. The Kier molecular flexibility index (Phi) is 9.75. The first-order chi connectivity index (χ1) is 20.7. The fourth-order valence-corrected chi connectivity index (χ4v) is 5.20. The third kappa shape index (κ3) is 7.09. The van der Waals surface area contributed by atoms with Crippen LogP contribution in [0.4, 0.5) is 36.2 Å². The average Bonchev–Trinajstić information content (AvgIpc) is 3.31. The molecule has 4 rings (SSSR count). The summed E-state index contributed by atoms with van der Waals surface area (Å²) in [7, 11) is 12.0. The van der Waals surface area contributed by atoms with Gasteiger partial charge in [-0.1, -0.05) is 0 Å². The van der Waals surface area contributed by atoms with Crippen molar-refractivity contribution in [1.82, 2.24) is 23.1 Å². The Morgan fingerprint density at radius 3 is 2.39 bits per heavy atom. The minimum atomic E-state index is -4.77. The summed E-state index contributed by atoms with van der Waals surface area (Å²) in [5.41, 5.74) is -0.365. The van der Waals surface area contributed by atoms with Crippen molar-refractivity contribution in [2.75, 3.05) is 72.8 Å². The third-order valence-electron chi connectivity index (χ3n) is 6.61. The zero-order valence-electron chi connectivity index (χ0n) is 25.3. The molecule has 2 aromatic carbocycles. The zero-order chi connectivity index (χ0) is 32.3. The second-order valence-electron chi connectivity index (χ2n) is 10.2. The van der Waals surface area contributed by atoms with E-state index in [1.807, 2.05) is 33.1 Å². The number of nitrogens with zero attached hydrogens (tertiary/aromatic N) is 7. The monoisotopic (exact) mass is 634 g/mol. The Morgan fingerprint density at radius 1 is 1.07 bits per heavy atom. The van der Waals surface area contributed by atoms with Gasteiger partial charge in [-0.3, -0.25) is 14.1 Å². The molecule has 0 unspecified atom stereocenters. The highest BCUT2D eigenvalue weighted by molar-refractivity contribution is 7.95. The van der Waals surface area contributed by atoms with E-state index < -0.39 is 16.7 Å². The molecule has 0 bridgehead atoms. The van der Waals surface area contributed by atoms with Gasteiger partial charge in [-0.2, -0.15) is 13.2 Å². The lowest BCUT2D eigenvalue weighted by atomic mass is 10.1. The van der Waals surface area contributed by atoms with Crippen LogP contribution < -0.4 is 19.7 Å². The van der Waals surface area contributed by atoms with Crippen molar-refractivity contribution >= 4 is 46.0 Å². The Labute approximate surface area is 256 Å². The number of fused-ring (bicyclic) bond motifs is 1. The average molecular weight is 635 g/mol. The number of ether oxygens (including phenoxy) is 2. The van der Waals surface area contributed by atoms with Gasteiger partial charge >= 0.3 is 6.18 Å². The quantitative estimate of drug-likeness (QED) is 0.117. The summed E-state index contributed by atoms with van der Waals surface area (Å²) in [5.74, 6) is 0.552. The zero-order valence-corrected chi connectivity index (χ0v) is 26.1. The number of nitro benzene ring substituents is 1. The standard InChI is InChI=1S/C28H33F3N8O4S/c1-35(2)10-11-37(5)23-14-25(43-7)21(13-24(23)39(40)41)33-27-32-15-20(28(29,30)31)26(34-27)19-16-38(44-36(3)4)22-12-17(42-6)8-9-18(19)22/h8-9,12-16H,10-11H2,1-7H3,(H,32,33,34). The molecule has 1 N–H and O–H groups in total. The first-order valence-electron chi connectivity index (χ1n) is 13.2. The van der Waals surface area contributed by atoms with E-state index in [1.165, 1.54) is 38.5 Å². The lowest BCUT2D eigenvalue weighted by molar-refractivity contribution is -0.384.